The number of aliphatic hydroxyl groups excluding tert-OH is 2. The molecule has 1 aliphatic rings. The van der Waals surface area contributed by atoms with Crippen LogP contribution in [-0.2, 0) is 4.74 Å². The third-order valence-electron chi connectivity index (χ3n) is 3.68. The summed E-state index contributed by atoms with van der Waals surface area (Å²) in [6.07, 6.45) is -1.05. The number of nitrogens with zero attached hydrogens (tertiary/aromatic N) is 3. The molecule has 9 nitrogen and oxygen atoms in total. The van der Waals surface area contributed by atoms with Gasteiger partial charge in [0.25, 0.3) is 5.91 Å². The topological polar surface area (TPSA) is 127 Å². The molecule has 0 unspecified atom stereocenters. The van der Waals surface area contributed by atoms with Crippen molar-refractivity contribution in [2.75, 3.05) is 11.9 Å². The minimum absolute atomic E-state index is 0.123. The molecule has 1 aromatic heterocycles. The lowest BCUT2D eigenvalue weighted by molar-refractivity contribution is -0.0462. The van der Waals surface area contributed by atoms with E-state index in [1.165, 1.54) is 6.33 Å². The highest BCUT2D eigenvalue weighted by molar-refractivity contribution is 6.03. The minimum Gasteiger partial charge on any atom is -0.394 e. The molecule has 1 aromatic carbocycles. The average molecular weight is 332 g/mol. The Balaban J connectivity index is 1.74. The van der Waals surface area contributed by atoms with Gasteiger partial charge in [0.1, 0.15) is 18.7 Å². The van der Waals surface area contributed by atoms with E-state index >= 15 is 0 Å². The number of hydrogen-bond donors (Lipinski definition) is 3. The van der Waals surface area contributed by atoms with Gasteiger partial charge in [0, 0.05) is 12.0 Å². The lowest BCUT2D eigenvalue weighted by Gasteiger charge is -2.14. The lowest BCUT2D eigenvalue weighted by Crippen LogP contribution is -2.29. The van der Waals surface area contributed by atoms with E-state index in [4.69, 9.17) is 9.84 Å². The van der Waals surface area contributed by atoms with Crippen molar-refractivity contribution in [3.8, 4) is 0 Å². The molecule has 0 saturated carbocycles. The summed E-state index contributed by atoms with van der Waals surface area (Å²) >= 11 is 0. The third-order valence-corrected chi connectivity index (χ3v) is 3.68. The first kappa shape index (κ1) is 16.2. The van der Waals surface area contributed by atoms with Gasteiger partial charge in [-0.25, -0.2) is 9.78 Å². The number of aliphatic hydroxyl groups is 2. The van der Waals surface area contributed by atoms with Gasteiger partial charge in [0.2, 0.25) is 5.95 Å². The Morgan fingerprint density at radius 2 is 2.12 bits per heavy atom. The van der Waals surface area contributed by atoms with Gasteiger partial charge >= 0.3 is 5.69 Å². The van der Waals surface area contributed by atoms with Gasteiger partial charge in [-0.1, -0.05) is 18.2 Å². The van der Waals surface area contributed by atoms with Crippen LogP contribution >= 0.6 is 0 Å². The van der Waals surface area contributed by atoms with Crippen molar-refractivity contribution in [2.45, 2.75) is 24.9 Å². The van der Waals surface area contributed by atoms with Gasteiger partial charge in [-0.05, 0) is 12.1 Å². The Morgan fingerprint density at radius 1 is 1.38 bits per heavy atom. The van der Waals surface area contributed by atoms with Gasteiger partial charge in [-0.2, -0.15) is 4.98 Å². The summed E-state index contributed by atoms with van der Waals surface area (Å²) in [5.41, 5.74) is -0.262. The molecule has 3 N–H and O–H groups in total. The van der Waals surface area contributed by atoms with Crippen LogP contribution in [-0.4, -0.2) is 49.5 Å². The van der Waals surface area contributed by atoms with Crippen LogP contribution in [0.3, 0.4) is 0 Å². The zero-order valence-electron chi connectivity index (χ0n) is 12.6. The van der Waals surface area contributed by atoms with Gasteiger partial charge in [-0.3, -0.25) is 14.7 Å². The number of carbonyl (C=O) groups excluding carboxylic acids is 1. The number of benzene rings is 1. The highest BCUT2D eigenvalue weighted by Gasteiger charge is 2.35. The van der Waals surface area contributed by atoms with Crippen molar-refractivity contribution in [1.29, 1.82) is 0 Å². The van der Waals surface area contributed by atoms with E-state index in [1.54, 1.807) is 30.3 Å². The maximum Gasteiger partial charge on any atom is 0.354 e. The van der Waals surface area contributed by atoms with E-state index in [0.29, 0.717) is 5.56 Å². The Morgan fingerprint density at radius 3 is 2.75 bits per heavy atom. The highest BCUT2D eigenvalue weighted by Crippen LogP contribution is 2.27. The highest BCUT2D eigenvalue weighted by atomic mass is 16.5. The van der Waals surface area contributed by atoms with Gasteiger partial charge in [0.05, 0.1) is 12.7 Å². The van der Waals surface area contributed by atoms with Crippen molar-refractivity contribution in [2.24, 2.45) is 0 Å². The lowest BCUT2D eigenvalue weighted by atomic mass is 10.2. The molecule has 1 aliphatic heterocycles. The van der Waals surface area contributed by atoms with E-state index in [1.807, 2.05) is 0 Å². The van der Waals surface area contributed by atoms with Crippen LogP contribution < -0.4 is 11.0 Å². The molecule has 3 rings (SSSR count). The Kier molecular flexibility index (Phi) is 4.65. The van der Waals surface area contributed by atoms with E-state index in [2.05, 4.69) is 15.3 Å². The first-order chi connectivity index (χ1) is 11.6. The predicted molar refractivity (Wildman–Crippen MR) is 82.3 cm³/mol. The number of hydrogen-bond acceptors (Lipinski definition) is 7. The summed E-state index contributed by atoms with van der Waals surface area (Å²) < 4.78 is 6.48. The fourth-order valence-electron chi connectivity index (χ4n) is 2.41. The summed E-state index contributed by atoms with van der Waals surface area (Å²) in [5, 5.41) is 21.2. The molecule has 0 bridgehead atoms. The molecule has 1 amide bonds. The van der Waals surface area contributed by atoms with Crippen molar-refractivity contribution in [3.05, 3.63) is 52.7 Å². The van der Waals surface area contributed by atoms with E-state index in [-0.39, 0.29) is 19.0 Å². The smallest absolute Gasteiger partial charge is 0.354 e. The third kappa shape index (κ3) is 3.32. The molecule has 1 fully saturated rings. The number of amides is 1. The van der Waals surface area contributed by atoms with Crippen molar-refractivity contribution in [3.63, 3.8) is 0 Å². The molecular weight excluding hydrogens is 316 g/mol. The molecule has 9 heteroatoms. The first-order valence-electron chi connectivity index (χ1n) is 7.34. The summed E-state index contributed by atoms with van der Waals surface area (Å²) in [6, 6.07) is 8.46. The Hall–Kier alpha value is -2.62. The SMILES string of the molecule is O=C(Nc1ncn([C@H]2C[C@H](O)[C@@H](CO)O2)c(=O)n1)c1ccccc1. The Labute approximate surface area is 136 Å². The Bertz CT molecular complexity index is 779. The molecule has 0 spiro atoms. The first-order valence-corrected chi connectivity index (χ1v) is 7.34. The van der Waals surface area contributed by atoms with Gasteiger partial charge in [-0.15, -0.1) is 0 Å². The van der Waals surface area contributed by atoms with Gasteiger partial charge < -0.3 is 14.9 Å². The van der Waals surface area contributed by atoms with Crippen LogP contribution in [0.5, 0.6) is 0 Å². The average Bonchev–Trinajstić information content (AvgIpc) is 2.96. The second kappa shape index (κ2) is 6.87. The summed E-state index contributed by atoms with van der Waals surface area (Å²) in [4.78, 5) is 31.7. The number of ether oxygens (including phenoxy) is 1. The minimum atomic E-state index is -0.871. The molecule has 126 valence electrons. The number of aromatic nitrogens is 3. The standard InChI is InChI=1S/C15H16N4O5/c20-7-11-10(21)6-12(24-11)19-8-16-14(18-15(19)23)17-13(22)9-4-2-1-3-5-9/h1-5,8,10-12,20-21H,6-7H2,(H,17,18,22,23)/t10-,11+,12+/m0/s1. The van der Waals surface area contributed by atoms with Crippen molar-refractivity contribution >= 4 is 11.9 Å². The van der Waals surface area contributed by atoms with Crippen LogP contribution in [0.1, 0.15) is 23.0 Å². The number of nitrogens with one attached hydrogen (secondary N) is 1. The summed E-state index contributed by atoms with van der Waals surface area (Å²) in [6.45, 7) is -0.349. The quantitative estimate of drug-likeness (QED) is 0.691. The molecule has 2 aromatic rings. The molecule has 24 heavy (non-hydrogen) atoms. The van der Waals surface area contributed by atoms with Gasteiger partial charge in [0.15, 0.2) is 0 Å². The largest absolute Gasteiger partial charge is 0.394 e. The van der Waals surface area contributed by atoms with E-state index in [9.17, 15) is 14.7 Å². The molecular formula is C15H16N4O5. The molecule has 1 saturated heterocycles. The normalized spacial score (nSPS) is 23.2. The second-order valence-electron chi connectivity index (χ2n) is 5.30. The number of anilines is 1. The zero-order chi connectivity index (χ0) is 17.1. The summed E-state index contributed by atoms with van der Waals surface area (Å²) in [7, 11) is 0. The van der Waals surface area contributed by atoms with Crippen LogP contribution in [0, 0.1) is 0 Å². The molecule has 0 aliphatic carbocycles. The number of carbonyl (C=O) groups is 1. The van der Waals surface area contributed by atoms with Crippen molar-refractivity contribution in [1.82, 2.24) is 14.5 Å². The molecule has 3 atom stereocenters. The fourth-order valence-corrected chi connectivity index (χ4v) is 2.41. The van der Waals surface area contributed by atoms with Crippen LogP contribution in [0.15, 0.2) is 41.5 Å². The predicted octanol–water partition coefficient (Wildman–Crippen LogP) is -0.469. The second-order valence-corrected chi connectivity index (χ2v) is 5.30. The maximum absolute atomic E-state index is 12.1. The monoisotopic (exact) mass is 332 g/mol. The van der Waals surface area contributed by atoms with Crippen LogP contribution in [0.2, 0.25) is 0 Å². The van der Waals surface area contributed by atoms with Crippen molar-refractivity contribution < 1.29 is 19.7 Å². The molecule has 0 radical (unpaired) electrons. The zero-order valence-corrected chi connectivity index (χ0v) is 12.6. The molecule has 2 heterocycles. The summed E-state index contributed by atoms with van der Waals surface area (Å²) in [5.74, 6) is -0.553. The maximum atomic E-state index is 12.1. The van der Waals surface area contributed by atoms with E-state index < -0.39 is 30.0 Å². The van der Waals surface area contributed by atoms with E-state index in [0.717, 1.165) is 4.57 Å². The fraction of sp³-hybridized carbons (Fsp3) is 0.333. The van der Waals surface area contributed by atoms with Crippen LogP contribution in [0.25, 0.3) is 0 Å². The van der Waals surface area contributed by atoms with Crippen LogP contribution in [0.4, 0.5) is 5.95 Å². The number of rotatable bonds is 4.